The van der Waals surface area contributed by atoms with Crippen molar-refractivity contribution in [1.82, 2.24) is 5.32 Å². The number of hydrogen-bond acceptors (Lipinski definition) is 2. The third kappa shape index (κ3) is 5.64. The lowest BCUT2D eigenvalue weighted by molar-refractivity contribution is -0.141. The van der Waals surface area contributed by atoms with Crippen molar-refractivity contribution < 1.29 is 9.90 Å². The largest absolute Gasteiger partial charge is 0.481 e. The molecule has 0 spiro atoms. The van der Waals surface area contributed by atoms with Crippen LogP contribution in [0.3, 0.4) is 0 Å². The molecule has 0 bridgehead atoms. The van der Waals surface area contributed by atoms with Crippen molar-refractivity contribution in [3.63, 3.8) is 0 Å². The second-order valence-electron chi connectivity index (χ2n) is 4.05. The molecule has 0 saturated carbocycles. The summed E-state index contributed by atoms with van der Waals surface area (Å²) in [5.41, 5.74) is 0. The molecule has 0 saturated heterocycles. The molecule has 0 aromatic heterocycles. The van der Waals surface area contributed by atoms with Crippen LogP contribution in [0.4, 0.5) is 0 Å². The van der Waals surface area contributed by atoms with Crippen LogP contribution in [0.2, 0.25) is 0 Å². The lowest BCUT2D eigenvalue weighted by atomic mass is 10.0. The van der Waals surface area contributed by atoms with Gasteiger partial charge in [-0.15, -0.1) is 0 Å². The quantitative estimate of drug-likeness (QED) is 0.665. The van der Waals surface area contributed by atoms with Crippen molar-refractivity contribution in [2.24, 2.45) is 11.8 Å². The van der Waals surface area contributed by atoms with E-state index < -0.39 is 5.97 Å². The molecule has 0 aliphatic rings. The number of carboxylic acid groups (broad SMARTS) is 1. The van der Waals surface area contributed by atoms with E-state index in [1.54, 1.807) is 6.92 Å². The van der Waals surface area contributed by atoms with Gasteiger partial charge in [-0.3, -0.25) is 4.79 Å². The van der Waals surface area contributed by atoms with Gasteiger partial charge in [0.25, 0.3) is 0 Å². The van der Waals surface area contributed by atoms with Gasteiger partial charge in [0.05, 0.1) is 5.92 Å². The second kappa shape index (κ2) is 5.97. The lowest BCUT2D eigenvalue weighted by Crippen LogP contribution is -2.37. The maximum atomic E-state index is 10.6. The summed E-state index contributed by atoms with van der Waals surface area (Å²) in [4.78, 5) is 10.6. The van der Waals surface area contributed by atoms with Gasteiger partial charge in [-0.25, -0.2) is 0 Å². The van der Waals surface area contributed by atoms with E-state index in [1.165, 1.54) is 0 Å². The summed E-state index contributed by atoms with van der Waals surface area (Å²) in [5, 5.41) is 11.9. The van der Waals surface area contributed by atoms with E-state index in [0.717, 1.165) is 13.0 Å². The Kier molecular flexibility index (Phi) is 5.71. The maximum Gasteiger partial charge on any atom is 0.307 e. The first-order valence-corrected chi connectivity index (χ1v) is 4.91. The van der Waals surface area contributed by atoms with Gasteiger partial charge in [0.15, 0.2) is 0 Å². The van der Waals surface area contributed by atoms with E-state index in [4.69, 9.17) is 5.11 Å². The summed E-state index contributed by atoms with van der Waals surface area (Å²) in [6.07, 6.45) is 1.09. The Labute approximate surface area is 80.5 Å². The third-order valence-corrected chi connectivity index (χ3v) is 2.33. The first-order chi connectivity index (χ1) is 5.95. The average Bonchev–Trinajstić information content (AvgIpc) is 2.02. The summed E-state index contributed by atoms with van der Waals surface area (Å²) in [6, 6.07) is 0.0521. The normalized spacial score (nSPS) is 15.8. The molecule has 2 atom stereocenters. The third-order valence-electron chi connectivity index (χ3n) is 2.33. The van der Waals surface area contributed by atoms with Crippen LogP contribution in [0.15, 0.2) is 0 Å². The van der Waals surface area contributed by atoms with E-state index in [1.807, 2.05) is 6.92 Å². The molecule has 78 valence electrons. The summed E-state index contributed by atoms with van der Waals surface area (Å²) < 4.78 is 0. The standard InChI is InChI=1S/C10H21NO2/c1-7(2)5-6-11-9(4)8(3)10(12)13/h7-9,11H,5-6H2,1-4H3,(H,12,13). The Morgan fingerprint density at radius 3 is 2.23 bits per heavy atom. The van der Waals surface area contributed by atoms with Crippen molar-refractivity contribution in [3.8, 4) is 0 Å². The lowest BCUT2D eigenvalue weighted by Gasteiger charge is -2.18. The number of carboxylic acids is 1. The predicted octanol–water partition coefficient (Wildman–Crippen LogP) is 1.73. The molecule has 0 rings (SSSR count). The Balaban J connectivity index is 3.61. The topological polar surface area (TPSA) is 49.3 Å². The first-order valence-electron chi connectivity index (χ1n) is 4.91. The van der Waals surface area contributed by atoms with Gasteiger partial charge in [-0.1, -0.05) is 20.8 Å². The minimum atomic E-state index is -0.732. The molecule has 0 aliphatic carbocycles. The van der Waals surface area contributed by atoms with Crippen LogP contribution >= 0.6 is 0 Å². The van der Waals surface area contributed by atoms with Crippen LogP contribution in [0.5, 0.6) is 0 Å². The molecule has 0 aliphatic heterocycles. The van der Waals surface area contributed by atoms with Crippen LogP contribution in [-0.4, -0.2) is 23.7 Å². The van der Waals surface area contributed by atoms with Gasteiger partial charge >= 0.3 is 5.97 Å². The number of aliphatic carboxylic acids is 1. The summed E-state index contributed by atoms with van der Waals surface area (Å²) in [5.74, 6) is -0.378. The predicted molar refractivity (Wildman–Crippen MR) is 53.7 cm³/mol. The molecule has 0 aromatic carbocycles. The number of rotatable bonds is 6. The van der Waals surface area contributed by atoms with Crippen molar-refractivity contribution in [1.29, 1.82) is 0 Å². The van der Waals surface area contributed by atoms with E-state index in [2.05, 4.69) is 19.2 Å². The molecule has 3 nitrogen and oxygen atoms in total. The average molecular weight is 187 g/mol. The summed E-state index contributed by atoms with van der Waals surface area (Å²) >= 11 is 0. The Morgan fingerprint density at radius 2 is 1.85 bits per heavy atom. The fraction of sp³-hybridized carbons (Fsp3) is 0.900. The Hall–Kier alpha value is -0.570. The fourth-order valence-electron chi connectivity index (χ4n) is 0.990. The van der Waals surface area contributed by atoms with E-state index >= 15 is 0 Å². The zero-order valence-electron chi connectivity index (χ0n) is 9.00. The Bertz CT molecular complexity index is 157. The van der Waals surface area contributed by atoms with Crippen molar-refractivity contribution in [2.45, 2.75) is 40.2 Å². The van der Waals surface area contributed by atoms with Crippen molar-refractivity contribution >= 4 is 5.97 Å². The fourth-order valence-corrected chi connectivity index (χ4v) is 0.990. The molecule has 0 aromatic rings. The summed E-state index contributed by atoms with van der Waals surface area (Å²) in [7, 11) is 0. The molecule has 0 radical (unpaired) electrons. The highest BCUT2D eigenvalue weighted by Gasteiger charge is 2.18. The monoisotopic (exact) mass is 187 g/mol. The van der Waals surface area contributed by atoms with Crippen LogP contribution < -0.4 is 5.32 Å². The number of hydrogen-bond donors (Lipinski definition) is 2. The molecule has 0 amide bonds. The second-order valence-corrected chi connectivity index (χ2v) is 4.05. The zero-order chi connectivity index (χ0) is 10.4. The number of carbonyl (C=O) groups is 1. The molecular formula is C10H21NO2. The van der Waals surface area contributed by atoms with Crippen LogP contribution in [0, 0.1) is 11.8 Å². The van der Waals surface area contributed by atoms with E-state index in [9.17, 15) is 4.79 Å². The molecule has 2 unspecified atom stereocenters. The molecular weight excluding hydrogens is 166 g/mol. The minimum absolute atomic E-state index is 0.0521. The highest BCUT2D eigenvalue weighted by atomic mass is 16.4. The minimum Gasteiger partial charge on any atom is -0.481 e. The van der Waals surface area contributed by atoms with E-state index in [-0.39, 0.29) is 12.0 Å². The van der Waals surface area contributed by atoms with Gasteiger partial charge in [0.1, 0.15) is 0 Å². The molecule has 2 N–H and O–H groups in total. The Morgan fingerprint density at radius 1 is 1.31 bits per heavy atom. The molecule has 13 heavy (non-hydrogen) atoms. The molecule has 0 heterocycles. The SMILES string of the molecule is CC(C)CCNC(C)C(C)C(=O)O. The number of nitrogens with one attached hydrogen (secondary N) is 1. The molecule has 0 fully saturated rings. The highest BCUT2D eigenvalue weighted by Crippen LogP contribution is 2.03. The highest BCUT2D eigenvalue weighted by molar-refractivity contribution is 5.70. The van der Waals surface area contributed by atoms with Gasteiger partial charge in [-0.2, -0.15) is 0 Å². The van der Waals surface area contributed by atoms with Crippen molar-refractivity contribution in [3.05, 3.63) is 0 Å². The maximum absolute atomic E-state index is 10.6. The van der Waals surface area contributed by atoms with Crippen molar-refractivity contribution in [2.75, 3.05) is 6.54 Å². The van der Waals surface area contributed by atoms with Gasteiger partial charge in [0, 0.05) is 6.04 Å². The van der Waals surface area contributed by atoms with Gasteiger partial charge in [-0.05, 0) is 25.8 Å². The smallest absolute Gasteiger partial charge is 0.307 e. The van der Waals surface area contributed by atoms with Crippen LogP contribution in [0.1, 0.15) is 34.1 Å². The zero-order valence-corrected chi connectivity index (χ0v) is 9.00. The van der Waals surface area contributed by atoms with Gasteiger partial charge < -0.3 is 10.4 Å². The van der Waals surface area contributed by atoms with Crippen LogP contribution in [0.25, 0.3) is 0 Å². The molecule has 3 heteroatoms. The van der Waals surface area contributed by atoms with E-state index in [0.29, 0.717) is 5.92 Å². The van der Waals surface area contributed by atoms with Gasteiger partial charge in [0.2, 0.25) is 0 Å². The summed E-state index contributed by atoms with van der Waals surface area (Å²) in [6.45, 7) is 8.87. The first kappa shape index (κ1) is 12.4. The van der Waals surface area contributed by atoms with Crippen LogP contribution in [-0.2, 0) is 4.79 Å².